The fraction of sp³-hybridized carbons (Fsp3) is 0.200. The summed E-state index contributed by atoms with van der Waals surface area (Å²) < 4.78 is 0. The van der Waals surface area contributed by atoms with Crippen molar-refractivity contribution in [3.63, 3.8) is 0 Å². The summed E-state index contributed by atoms with van der Waals surface area (Å²) in [6.07, 6.45) is 1.88. The number of fused-ring (bicyclic) bond motifs is 1. The molecule has 0 aliphatic rings. The Labute approximate surface area is 76.2 Å². The smallest absolute Gasteiger partial charge is 0.116 e. The monoisotopic (exact) mass is 176 g/mol. The zero-order valence-corrected chi connectivity index (χ0v) is 7.41. The van der Waals surface area contributed by atoms with Crippen molar-refractivity contribution < 1.29 is 5.11 Å². The number of hydrogen-bond acceptors (Lipinski definition) is 2. The van der Waals surface area contributed by atoms with Gasteiger partial charge in [0.1, 0.15) is 5.75 Å². The number of aromatic hydroxyl groups is 1. The van der Waals surface area contributed by atoms with Gasteiger partial charge in [-0.1, -0.05) is 0 Å². The first-order valence-corrected chi connectivity index (χ1v) is 4.24. The number of aromatic nitrogens is 1. The van der Waals surface area contributed by atoms with E-state index in [1.807, 2.05) is 19.2 Å². The number of rotatable bonds is 1. The Morgan fingerprint density at radius 2 is 2.23 bits per heavy atom. The summed E-state index contributed by atoms with van der Waals surface area (Å²) >= 11 is 0. The summed E-state index contributed by atoms with van der Waals surface area (Å²) in [6.45, 7) is 1.92. The molecule has 1 atom stereocenters. The van der Waals surface area contributed by atoms with E-state index >= 15 is 0 Å². The molecule has 1 unspecified atom stereocenters. The average molecular weight is 176 g/mol. The van der Waals surface area contributed by atoms with Crippen LogP contribution in [0.2, 0.25) is 0 Å². The molecule has 0 spiro atoms. The van der Waals surface area contributed by atoms with Gasteiger partial charge < -0.3 is 15.8 Å². The predicted molar refractivity (Wildman–Crippen MR) is 52.6 cm³/mol. The summed E-state index contributed by atoms with van der Waals surface area (Å²) in [4.78, 5) is 3.11. The van der Waals surface area contributed by atoms with Crippen molar-refractivity contribution in [2.75, 3.05) is 0 Å². The van der Waals surface area contributed by atoms with Crippen molar-refractivity contribution in [3.8, 4) is 5.75 Å². The topological polar surface area (TPSA) is 62.0 Å². The lowest BCUT2D eigenvalue weighted by Gasteiger charge is -2.02. The van der Waals surface area contributed by atoms with Gasteiger partial charge in [-0.3, -0.25) is 0 Å². The molecule has 0 saturated carbocycles. The first-order chi connectivity index (χ1) is 6.18. The molecule has 0 amide bonds. The third-order valence-corrected chi connectivity index (χ3v) is 2.19. The molecule has 1 heterocycles. The van der Waals surface area contributed by atoms with E-state index in [4.69, 9.17) is 5.73 Å². The van der Waals surface area contributed by atoms with Gasteiger partial charge in [-0.25, -0.2) is 0 Å². The van der Waals surface area contributed by atoms with Gasteiger partial charge in [-0.2, -0.15) is 0 Å². The van der Waals surface area contributed by atoms with Crippen LogP contribution in [-0.4, -0.2) is 10.1 Å². The molecule has 1 aromatic heterocycles. The summed E-state index contributed by atoms with van der Waals surface area (Å²) in [7, 11) is 0. The Kier molecular flexibility index (Phi) is 1.74. The zero-order chi connectivity index (χ0) is 9.42. The minimum atomic E-state index is -0.0180. The zero-order valence-electron chi connectivity index (χ0n) is 7.41. The van der Waals surface area contributed by atoms with E-state index in [2.05, 4.69) is 4.98 Å². The molecule has 0 saturated heterocycles. The third kappa shape index (κ3) is 1.27. The van der Waals surface area contributed by atoms with Gasteiger partial charge in [-0.15, -0.1) is 0 Å². The maximum absolute atomic E-state index is 9.30. The summed E-state index contributed by atoms with van der Waals surface area (Å²) in [5.41, 5.74) is 7.81. The molecule has 0 fully saturated rings. The van der Waals surface area contributed by atoms with Gasteiger partial charge >= 0.3 is 0 Å². The minimum Gasteiger partial charge on any atom is -0.508 e. The van der Waals surface area contributed by atoms with Crippen LogP contribution in [0.25, 0.3) is 10.9 Å². The van der Waals surface area contributed by atoms with E-state index in [0.29, 0.717) is 0 Å². The van der Waals surface area contributed by atoms with Crippen LogP contribution in [-0.2, 0) is 0 Å². The van der Waals surface area contributed by atoms with Crippen LogP contribution in [0.4, 0.5) is 0 Å². The lowest BCUT2D eigenvalue weighted by molar-refractivity contribution is 0.476. The highest BCUT2D eigenvalue weighted by Gasteiger charge is 2.07. The van der Waals surface area contributed by atoms with E-state index < -0.39 is 0 Å². The Hall–Kier alpha value is -1.48. The Balaban J connectivity index is 2.71. The van der Waals surface area contributed by atoms with E-state index in [0.717, 1.165) is 16.5 Å². The molecular formula is C10H12N2O. The van der Waals surface area contributed by atoms with E-state index in [-0.39, 0.29) is 11.8 Å². The molecule has 68 valence electrons. The Bertz CT molecular complexity index is 431. The van der Waals surface area contributed by atoms with Gasteiger partial charge in [0.05, 0.1) is 0 Å². The van der Waals surface area contributed by atoms with E-state index in [1.165, 1.54) is 0 Å². The minimum absolute atomic E-state index is 0.0180. The summed E-state index contributed by atoms with van der Waals surface area (Å²) in [6, 6.07) is 5.21. The van der Waals surface area contributed by atoms with Gasteiger partial charge in [0.15, 0.2) is 0 Å². The summed E-state index contributed by atoms with van der Waals surface area (Å²) in [5.74, 6) is 0.272. The number of phenols is 1. The quantitative estimate of drug-likeness (QED) is 0.621. The molecule has 1 aromatic carbocycles. The first-order valence-electron chi connectivity index (χ1n) is 4.24. The number of aromatic amines is 1. The number of H-pyrrole nitrogens is 1. The second-order valence-corrected chi connectivity index (χ2v) is 3.26. The molecule has 0 aliphatic heterocycles. The van der Waals surface area contributed by atoms with Gasteiger partial charge in [0.2, 0.25) is 0 Å². The standard InChI is InChI=1S/C10H12N2O/c1-6(11)9-5-12-10-3-2-7(13)4-8(9)10/h2-6,12-13H,11H2,1H3. The lowest BCUT2D eigenvalue weighted by Crippen LogP contribution is -2.03. The second kappa shape index (κ2) is 2.78. The van der Waals surface area contributed by atoms with Crippen LogP contribution in [0.1, 0.15) is 18.5 Å². The molecule has 2 rings (SSSR count). The van der Waals surface area contributed by atoms with Crippen molar-refractivity contribution in [3.05, 3.63) is 30.0 Å². The van der Waals surface area contributed by atoms with E-state index in [1.54, 1.807) is 12.1 Å². The lowest BCUT2D eigenvalue weighted by atomic mass is 10.1. The molecule has 13 heavy (non-hydrogen) atoms. The molecular weight excluding hydrogens is 164 g/mol. The molecule has 0 radical (unpaired) electrons. The normalized spacial score (nSPS) is 13.4. The van der Waals surface area contributed by atoms with Crippen LogP contribution in [0.3, 0.4) is 0 Å². The van der Waals surface area contributed by atoms with E-state index in [9.17, 15) is 5.11 Å². The van der Waals surface area contributed by atoms with Crippen LogP contribution in [0.5, 0.6) is 5.75 Å². The van der Waals surface area contributed by atoms with Crippen molar-refractivity contribution in [1.29, 1.82) is 0 Å². The Morgan fingerprint density at radius 3 is 2.92 bits per heavy atom. The first kappa shape index (κ1) is 8.13. The molecule has 0 aliphatic carbocycles. The van der Waals surface area contributed by atoms with Crippen LogP contribution in [0.15, 0.2) is 24.4 Å². The number of hydrogen-bond donors (Lipinski definition) is 3. The van der Waals surface area contributed by atoms with Crippen LogP contribution < -0.4 is 5.73 Å². The Morgan fingerprint density at radius 1 is 1.46 bits per heavy atom. The highest BCUT2D eigenvalue weighted by Crippen LogP contribution is 2.25. The predicted octanol–water partition coefficient (Wildman–Crippen LogP) is 1.89. The number of phenolic OH excluding ortho intramolecular Hbond substituents is 1. The SMILES string of the molecule is CC(N)c1c[nH]c2ccc(O)cc12. The van der Waals surface area contributed by atoms with Crippen molar-refractivity contribution in [2.45, 2.75) is 13.0 Å². The molecule has 4 N–H and O–H groups in total. The molecule has 2 aromatic rings. The van der Waals surface area contributed by atoms with Gasteiger partial charge in [-0.05, 0) is 30.7 Å². The van der Waals surface area contributed by atoms with Crippen molar-refractivity contribution in [1.82, 2.24) is 4.98 Å². The average Bonchev–Trinajstić information content (AvgIpc) is 2.46. The summed E-state index contributed by atoms with van der Waals surface area (Å²) in [5, 5.41) is 10.3. The maximum atomic E-state index is 9.30. The van der Waals surface area contributed by atoms with Gasteiger partial charge in [0.25, 0.3) is 0 Å². The second-order valence-electron chi connectivity index (χ2n) is 3.26. The highest BCUT2D eigenvalue weighted by molar-refractivity contribution is 5.84. The van der Waals surface area contributed by atoms with Crippen LogP contribution in [0, 0.1) is 0 Å². The van der Waals surface area contributed by atoms with Gasteiger partial charge in [0, 0.05) is 23.1 Å². The molecule has 0 bridgehead atoms. The van der Waals surface area contributed by atoms with Crippen molar-refractivity contribution >= 4 is 10.9 Å². The maximum Gasteiger partial charge on any atom is 0.116 e. The molecule has 3 nitrogen and oxygen atoms in total. The highest BCUT2D eigenvalue weighted by atomic mass is 16.3. The largest absolute Gasteiger partial charge is 0.508 e. The number of nitrogens with one attached hydrogen (secondary N) is 1. The fourth-order valence-corrected chi connectivity index (χ4v) is 1.51. The fourth-order valence-electron chi connectivity index (χ4n) is 1.51. The number of benzene rings is 1. The van der Waals surface area contributed by atoms with Crippen molar-refractivity contribution in [2.24, 2.45) is 5.73 Å². The molecule has 3 heteroatoms. The number of nitrogens with two attached hydrogens (primary N) is 1. The third-order valence-electron chi connectivity index (χ3n) is 2.19. The van der Waals surface area contributed by atoms with Crippen LogP contribution >= 0.6 is 0 Å².